The van der Waals surface area contributed by atoms with E-state index in [1.807, 2.05) is 36.4 Å². The maximum absolute atomic E-state index is 12.6. The summed E-state index contributed by atoms with van der Waals surface area (Å²) in [5.74, 6) is 3.91. The molecular formula is C37H50O2. The summed E-state index contributed by atoms with van der Waals surface area (Å²) in [5.41, 5.74) is 4.89. The Morgan fingerprint density at radius 1 is 0.923 bits per heavy atom. The Morgan fingerprint density at radius 3 is 2.44 bits per heavy atom. The number of fused-ring (bicyclic) bond motifs is 5. The van der Waals surface area contributed by atoms with Crippen LogP contribution in [0.2, 0.25) is 0 Å². The summed E-state index contributed by atoms with van der Waals surface area (Å²) < 4.78 is 5.93. The van der Waals surface area contributed by atoms with Gasteiger partial charge < -0.3 is 4.74 Å². The number of allylic oxidation sites excluding steroid dienone is 5. The van der Waals surface area contributed by atoms with Gasteiger partial charge in [-0.1, -0.05) is 107 Å². The molecule has 4 aliphatic carbocycles. The smallest absolute Gasteiger partial charge is 0.331 e. The molecule has 2 heteroatoms. The first-order valence-corrected chi connectivity index (χ1v) is 15.6. The highest BCUT2D eigenvalue weighted by atomic mass is 16.5. The van der Waals surface area contributed by atoms with Crippen molar-refractivity contribution in [1.29, 1.82) is 0 Å². The molecule has 8 atom stereocenters. The summed E-state index contributed by atoms with van der Waals surface area (Å²) in [6.07, 6.45) is 21.7. The zero-order valence-corrected chi connectivity index (χ0v) is 25.2. The molecule has 0 saturated heterocycles. The minimum absolute atomic E-state index is 0.0159. The number of esters is 1. The fraction of sp³-hybridized carbons (Fsp3) is 0.595. The molecular weight excluding hydrogens is 476 g/mol. The maximum Gasteiger partial charge on any atom is 0.331 e. The molecule has 210 valence electrons. The first kappa shape index (κ1) is 28.2. The molecule has 0 bridgehead atoms. The van der Waals surface area contributed by atoms with E-state index in [2.05, 4.69) is 65.8 Å². The number of carbonyl (C=O) groups is 1. The van der Waals surface area contributed by atoms with Gasteiger partial charge in [0.25, 0.3) is 0 Å². The number of ether oxygens (including phenoxy) is 1. The minimum Gasteiger partial charge on any atom is -0.459 e. The van der Waals surface area contributed by atoms with Crippen molar-refractivity contribution in [2.24, 2.45) is 46.3 Å². The van der Waals surface area contributed by atoms with Crippen molar-refractivity contribution in [3.63, 3.8) is 0 Å². The molecule has 5 rings (SSSR count). The van der Waals surface area contributed by atoms with Crippen molar-refractivity contribution in [2.45, 2.75) is 92.6 Å². The Labute approximate surface area is 237 Å². The van der Waals surface area contributed by atoms with Crippen LogP contribution in [0.5, 0.6) is 0 Å². The van der Waals surface area contributed by atoms with Crippen molar-refractivity contribution >= 4 is 12.0 Å². The van der Waals surface area contributed by atoms with Crippen LogP contribution in [0.4, 0.5) is 0 Å². The van der Waals surface area contributed by atoms with Gasteiger partial charge in [0.15, 0.2) is 0 Å². The first-order chi connectivity index (χ1) is 18.6. The molecule has 0 amide bonds. The highest BCUT2D eigenvalue weighted by Gasteiger charge is 2.57. The molecule has 39 heavy (non-hydrogen) atoms. The monoisotopic (exact) mass is 526 g/mol. The van der Waals surface area contributed by atoms with Crippen LogP contribution in [0.25, 0.3) is 6.08 Å². The van der Waals surface area contributed by atoms with Gasteiger partial charge in [-0.05, 0) is 96.5 Å². The second-order valence-electron chi connectivity index (χ2n) is 14.0. The Kier molecular flexibility index (Phi) is 8.14. The molecule has 3 saturated carbocycles. The van der Waals surface area contributed by atoms with Gasteiger partial charge in [0.05, 0.1) is 0 Å². The normalized spacial score (nSPS) is 35.7. The van der Waals surface area contributed by atoms with Gasteiger partial charge in [-0.3, -0.25) is 0 Å². The molecule has 3 fully saturated rings. The van der Waals surface area contributed by atoms with Crippen LogP contribution in [0, 0.1) is 46.3 Å². The topological polar surface area (TPSA) is 26.3 Å². The molecule has 0 aliphatic heterocycles. The van der Waals surface area contributed by atoms with Crippen molar-refractivity contribution in [3.8, 4) is 0 Å². The third-order valence-electron chi connectivity index (χ3n) is 11.5. The quantitative estimate of drug-likeness (QED) is 0.201. The van der Waals surface area contributed by atoms with E-state index in [1.54, 1.807) is 11.6 Å². The molecule has 0 aromatic heterocycles. The van der Waals surface area contributed by atoms with Gasteiger partial charge in [0.1, 0.15) is 6.10 Å². The van der Waals surface area contributed by atoms with Gasteiger partial charge in [-0.25, -0.2) is 4.79 Å². The SMILES string of the molecule is CC(C)[C@@H](C)/C=C/[C@@H](C)[C@H]1CC[C@H]2C3=CC=C4C[C@@H](OC(=O)/C=C/c5ccccc5)CC[C@@]4(C)[C@@H]3CC[C@]12C. The van der Waals surface area contributed by atoms with E-state index in [4.69, 9.17) is 4.74 Å². The maximum atomic E-state index is 12.6. The second kappa shape index (κ2) is 11.3. The second-order valence-corrected chi connectivity index (χ2v) is 14.0. The summed E-state index contributed by atoms with van der Waals surface area (Å²) in [6.45, 7) is 14.6. The third kappa shape index (κ3) is 5.50. The third-order valence-corrected chi connectivity index (χ3v) is 11.5. The van der Waals surface area contributed by atoms with Crippen LogP contribution < -0.4 is 0 Å². The minimum atomic E-state index is -0.225. The van der Waals surface area contributed by atoms with E-state index in [1.165, 1.54) is 31.3 Å². The average Bonchev–Trinajstić information content (AvgIpc) is 3.28. The van der Waals surface area contributed by atoms with Crippen molar-refractivity contribution in [2.75, 3.05) is 0 Å². The largest absolute Gasteiger partial charge is 0.459 e. The number of rotatable bonds is 7. The fourth-order valence-corrected chi connectivity index (χ4v) is 8.61. The van der Waals surface area contributed by atoms with Crippen LogP contribution in [0.3, 0.4) is 0 Å². The molecule has 4 aliphatic rings. The fourth-order valence-electron chi connectivity index (χ4n) is 8.61. The molecule has 1 aromatic rings. The number of hydrogen-bond acceptors (Lipinski definition) is 2. The van der Waals surface area contributed by atoms with Crippen LogP contribution in [-0.4, -0.2) is 12.1 Å². The van der Waals surface area contributed by atoms with Crippen LogP contribution >= 0.6 is 0 Å². The van der Waals surface area contributed by atoms with E-state index < -0.39 is 0 Å². The average molecular weight is 527 g/mol. The van der Waals surface area contributed by atoms with Gasteiger partial charge in [0, 0.05) is 12.5 Å². The molecule has 0 unspecified atom stereocenters. The Bertz CT molecular complexity index is 1150. The van der Waals surface area contributed by atoms with Crippen molar-refractivity contribution in [1.82, 2.24) is 0 Å². The standard InChI is InChI=1S/C37H50O2/c1-25(2)26(3)12-13-27(4)32-17-18-33-31-16-15-29-24-30(39-35(38)19-14-28-10-8-7-9-11-28)20-22-36(29,5)34(31)21-23-37(32,33)6/h7-16,19,25-27,30,32-34H,17-18,20-24H2,1-6H3/b13-12+,19-14+/t26-,27+,30-,32+,33-,34+,36+,37+/m0/s1. The van der Waals surface area contributed by atoms with Crippen LogP contribution in [0.15, 0.2) is 71.9 Å². The van der Waals surface area contributed by atoms with Crippen molar-refractivity contribution < 1.29 is 9.53 Å². The number of hydrogen-bond donors (Lipinski definition) is 0. The highest BCUT2D eigenvalue weighted by Crippen LogP contribution is 2.66. The van der Waals surface area contributed by atoms with Gasteiger partial charge in [-0.15, -0.1) is 0 Å². The Hall–Kier alpha value is -2.35. The van der Waals surface area contributed by atoms with Crippen molar-refractivity contribution in [3.05, 3.63) is 77.4 Å². The van der Waals surface area contributed by atoms with Crippen LogP contribution in [-0.2, 0) is 9.53 Å². The Balaban J connectivity index is 1.27. The lowest BCUT2D eigenvalue weighted by atomic mass is 9.50. The van der Waals surface area contributed by atoms with Gasteiger partial charge in [-0.2, -0.15) is 0 Å². The lowest BCUT2D eigenvalue weighted by Gasteiger charge is -2.55. The van der Waals surface area contributed by atoms with E-state index in [-0.39, 0.29) is 17.5 Å². The number of benzene rings is 1. The zero-order chi connectivity index (χ0) is 27.8. The van der Waals surface area contributed by atoms with E-state index in [0.29, 0.717) is 35.0 Å². The summed E-state index contributed by atoms with van der Waals surface area (Å²) in [6, 6.07) is 9.95. The lowest BCUT2D eigenvalue weighted by Crippen LogP contribution is -2.46. The Morgan fingerprint density at radius 2 is 1.69 bits per heavy atom. The lowest BCUT2D eigenvalue weighted by molar-refractivity contribution is -0.144. The molecule has 2 nitrogen and oxygen atoms in total. The number of carbonyl (C=O) groups excluding carboxylic acids is 1. The van der Waals surface area contributed by atoms with E-state index in [9.17, 15) is 4.79 Å². The van der Waals surface area contributed by atoms with E-state index >= 15 is 0 Å². The zero-order valence-electron chi connectivity index (χ0n) is 25.2. The van der Waals surface area contributed by atoms with E-state index in [0.717, 1.165) is 30.7 Å². The highest BCUT2D eigenvalue weighted by molar-refractivity contribution is 5.87. The molecule has 0 heterocycles. The molecule has 0 N–H and O–H groups in total. The van der Waals surface area contributed by atoms with Crippen LogP contribution in [0.1, 0.15) is 92.1 Å². The summed E-state index contributed by atoms with van der Waals surface area (Å²) in [4.78, 5) is 12.6. The van der Waals surface area contributed by atoms with Gasteiger partial charge >= 0.3 is 5.97 Å². The molecule has 1 aromatic carbocycles. The predicted octanol–water partition coefficient (Wildman–Crippen LogP) is 9.60. The predicted molar refractivity (Wildman–Crippen MR) is 163 cm³/mol. The summed E-state index contributed by atoms with van der Waals surface area (Å²) in [5, 5.41) is 0. The summed E-state index contributed by atoms with van der Waals surface area (Å²) in [7, 11) is 0. The van der Waals surface area contributed by atoms with Gasteiger partial charge in [0.2, 0.25) is 0 Å². The molecule has 0 radical (unpaired) electrons. The first-order valence-electron chi connectivity index (χ1n) is 15.6. The summed E-state index contributed by atoms with van der Waals surface area (Å²) >= 11 is 0. The molecule has 0 spiro atoms.